The number of halogens is 2. The number of fused-ring (bicyclic) bond motifs is 1. The molecule has 0 radical (unpaired) electrons. The van der Waals surface area contributed by atoms with E-state index in [9.17, 15) is 14.7 Å². The monoisotopic (exact) mass is 407 g/mol. The van der Waals surface area contributed by atoms with Crippen molar-refractivity contribution in [2.24, 2.45) is 5.92 Å². The number of ether oxygens (including phenoxy) is 1. The minimum Gasteiger partial charge on any atom is -0.480 e. The maximum Gasteiger partial charge on any atom is 0.331 e. The van der Waals surface area contributed by atoms with Gasteiger partial charge in [-0.05, 0) is 35.7 Å². The topological polar surface area (TPSA) is 66.8 Å². The number of carboxylic acids is 1. The molecule has 1 aliphatic rings. The van der Waals surface area contributed by atoms with Gasteiger partial charge in [0, 0.05) is 22.2 Å². The van der Waals surface area contributed by atoms with Gasteiger partial charge >= 0.3 is 5.97 Å². The lowest BCUT2D eigenvalue weighted by molar-refractivity contribution is -0.154. The molecule has 1 N–H and O–H groups in total. The maximum absolute atomic E-state index is 13.2. The van der Waals surface area contributed by atoms with Gasteiger partial charge in [0.05, 0.1) is 0 Å². The van der Waals surface area contributed by atoms with Gasteiger partial charge in [-0.15, -0.1) is 0 Å². The number of carboxylic acid groups (broad SMARTS) is 1. The molecule has 0 aromatic heterocycles. The van der Waals surface area contributed by atoms with Crippen LogP contribution < -0.4 is 4.74 Å². The minimum atomic E-state index is -1.23. The molecule has 0 saturated heterocycles. The molecule has 5 nitrogen and oxygen atoms in total. The van der Waals surface area contributed by atoms with Crippen LogP contribution in [0.3, 0.4) is 0 Å². The van der Waals surface area contributed by atoms with Crippen molar-refractivity contribution < 1.29 is 19.4 Å². The Morgan fingerprint density at radius 3 is 2.56 bits per heavy atom. The van der Waals surface area contributed by atoms with E-state index in [1.54, 1.807) is 36.4 Å². The lowest BCUT2D eigenvalue weighted by Gasteiger charge is -2.30. The van der Waals surface area contributed by atoms with Crippen molar-refractivity contribution in [1.82, 2.24) is 4.90 Å². The van der Waals surface area contributed by atoms with E-state index in [1.165, 1.54) is 11.0 Å². The molecule has 1 heterocycles. The Kier molecular flexibility index (Phi) is 5.63. The van der Waals surface area contributed by atoms with Crippen LogP contribution in [0.15, 0.2) is 42.5 Å². The van der Waals surface area contributed by atoms with Crippen LogP contribution in [-0.4, -0.2) is 28.0 Å². The lowest BCUT2D eigenvalue weighted by atomic mass is 10.0. The fraction of sp³-hybridized carbons (Fsp3) is 0.300. The zero-order valence-corrected chi connectivity index (χ0v) is 16.4. The minimum absolute atomic E-state index is 0.0496. The molecule has 0 fully saturated rings. The molecule has 0 saturated carbocycles. The number of aliphatic carboxylic acids is 1. The molecule has 0 aliphatic carbocycles. The van der Waals surface area contributed by atoms with Crippen molar-refractivity contribution in [2.75, 3.05) is 0 Å². The molecule has 142 valence electrons. The van der Waals surface area contributed by atoms with Gasteiger partial charge < -0.3 is 14.7 Å². The number of carbonyl (C=O) groups excluding carboxylic acids is 1. The largest absolute Gasteiger partial charge is 0.480 e. The van der Waals surface area contributed by atoms with Crippen molar-refractivity contribution >= 4 is 35.1 Å². The Labute approximate surface area is 167 Å². The van der Waals surface area contributed by atoms with Crippen molar-refractivity contribution in [3.05, 3.63) is 63.6 Å². The summed E-state index contributed by atoms with van der Waals surface area (Å²) in [6, 6.07) is 10.6. The van der Waals surface area contributed by atoms with Crippen molar-refractivity contribution in [3.8, 4) is 5.75 Å². The van der Waals surface area contributed by atoms with Gasteiger partial charge in [-0.2, -0.15) is 0 Å². The molecule has 2 aromatic carbocycles. The van der Waals surface area contributed by atoms with Gasteiger partial charge in [0.1, 0.15) is 5.75 Å². The first-order valence-electron chi connectivity index (χ1n) is 8.52. The lowest BCUT2D eigenvalue weighted by Crippen LogP contribution is -2.45. The fourth-order valence-corrected chi connectivity index (χ4v) is 3.53. The quantitative estimate of drug-likeness (QED) is 0.805. The number of hydrogen-bond acceptors (Lipinski definition) is 3. The number of carbonyl (C=O) groups is 2. The fourth-order valence-electron chi connectivity index (χ4n) is 3.15. The van der Waals surface area contributed by atoms with Crippen LogP contribution in [0, 0.1) is 5.92 Å². The van der Waals surface area contributed by atoms with E-state index in [2.05, 4.69) is 0 Å². The summed E-state index contributed by atoms with van der Waals surface area (Å²) >= 11 is 12.3. The molecule has 7 heteroatoms. The van der Waals surface area contributed by atoms with Gasteiger partial charge in [0.15, 0.2) is 12.1 Å². The number of benzene rings is 2. The standard InChI is InChI=1S/C20H19Cl2NO4/c1-11(2)18-19(24)23(10-12-5-3-4-6-15(12)22)17(20(25)26)14-9-13(21)7-8-16(14)27-18/h3-9,11,17-18H,10H2,1-2H3,(H,25,26). The summed E-state index contributed by atoms with van der Waals surface area (Å²) in [5.74, 6) is -1.36. The molecule has 27 heavy (non-hydrogen) atoms. The number of amides is 1. The molecule has 2 aromatic rings. The summed E-state index contributed by atoms with van der Waals surface area (Å²) in [7, 11) is 0. The number of hydrogen-bond donors (Lipinski definition) is 1. The van der Waals surface area contributed by atoms with Crippen molar-refractivity contribution in [2.45, 2.75) is 32.5 Å². The third-order valence-electron chi connectivity index (χ3n) is 4.50. The van der Waals surface area contributed by atoms with Crippen molar-refractivity contribution in [1.29, 1.82) is 0 Å². The predicted octanol–water partition coefficient (Wildman–Crippen LogP) is 4.56. The van der Waals surface area contributed by atoms with Crippen molar-refractivity contribution in [3.63, 3.8) is 0 Å². The molecular weight excluding hydrogens is 389 g/mol. The van der Waals surface area contributed by atoms with Crippen LogP contribution >= 0.6 is 23.2 Å². The number of nitrogens with zero attached hydrogens (tertiary/aromatic N) is 1. The molecule has 2 atom stereocenters. The summed E-state index contributed by atoms with van der Waals surface area (Å²) in [5, 5.41) is 10.8. The second-order valence-electron chi connectivity index (χ2n) is 6.76. The van der Waals surface area contributed by atoms with Crippen LogP contribution in [-0.2, 0) is 16.1 Å². The third-order valence-corrected chi connectivity index (χ3v) is 5.10. The SMILES string of the molecule is CC(C)C1Oc2ccc(Cl)cc2C(C(=O)O)N(Cc2ccccc2Cl)C1=O. The summed E-state index contributed by atoms with van der Waals surface area (Å²) in [4.78, 5) is 26.7. The average molecular weight is 408 g/mol. The van der Waals surface area contributed by atoms with E-state index in [0.717, 1.165) is 0 Å². The van der Waals surface area contributed by atoms with Crippen LogP contribution in [0.25, 0.3) is 0 Å². The molecule has 3 rings (SSSR count). The van der Waals surface area contributed by atoms with Crippen LogP contribution in [0.5, 0.6) is 5.75 Å². The van der Waals surface area contributed by atoms with E-state index in [4.69, 9.17) is 27.9 Å². The van der Waals surface area contributed by atoms with Gasteiger partial charge in [-0.25, -0.2) is 4.79 Å². The Hall–Kier alpha value is -2.24. The maximum atomic E-state index is 13.2. The van der Waals surface area contributed by atoms with E-state index < -0.39 is 24.0 Å². The van der Waals surface area contributed by atoms with E-state index in [1.807, 2.05) is 13.8 Å². The molecule has 1 aliphatic heterocycles. The van der Waals surface area contributed by atoms with Gasteiger partial charge in [-0.3, -0.25) is 4.79 Å². The van der Waals surface area contributed by atoms with E-state index in [0.29, 0.717) is 26.9 Å². The van der Waals surface area contributed by atoms with E-state index in [-0.39, 0.29) is 12.5 Å². The normalized spacial score (nSPS) is 19.4. The van der Waals surface area contributed by atoms with Crippen LogP contribution in [0.1, 0.15) is 31.0 Å². The average Bonchev–Trinajstić information content (AvgIpc) is 2.72. The highest BCUT2D eigenvalue weighted by molar-refractivity contribution is 6.31. The molecule has 0 bridgehead atoms. The molecule has 2 unspecified atom stereocenters. The highest BCUT2D eigenvalue weighted by atomic mass is 35.5. The highest BCUT2D eigenvalue weighted by Crippen LogP contribution is 2.38. The Morgan fingerprint density at radius 2 is 1.93 bits per heavy atom. The zero-order valence-electron chi connectivity index (χ0n) is 14.9. The van der Waals surface area contributed by atoms with E-state index >= 15 is 0 Å². The van der Waals surface area contributed by atoms with Gasteiger partial charge in [0.2, 0.25) is 0 Å². The predicted molar refractivity (Wildman–Crippen MR) is 103 cm³/mol. The Morgan fingerprint density at radius 1 is 1.22 bits per heavy atom. The molecule has 1 amide bonds. The first-order valence-corrected chi connectivity index (χ1v) is 9.28. The second kappa shape index (κ2) is 7.79. The zero-order chi connectivity index (χ0) is 19.7. The summed E-state index contributed by atoms with van der Waals surface area (Å²) in [5.41, 5.74) is 1.00. The Balaban J connectivity index is 2.15. The van der Waals surface area contributed by atoms with Gasteiger partial charge in [-0.1, -0.05) is 55.2 Å². The Bertz CT molecular complexity index is 884. The summed E-state index contributed by atoms with van der Waals surface area (Å²) in [6.07, 6.45) is -0.809. The third kappa shape index (κ3) is 3.89. The molecular formula is C20H19Cl2NO4. The summed E-state index contributed by atoms with van der Waals surface area (Å²) < 4.78 is 5.92. The summed E-state index contributed by atoms with van der Waals surface area (Å²) in [6.45, 7) is 3.76. The van der Waals surface area contributed by atoms with Crippen LogP contribution in [0.4, 0.5) is 0 Å². The smallest absolute Gasteiger partial charge is 0.331 e. The van der Waals surface area contributed by atoms with Crippen LogP contribution in [0.2, 0.25) is 10.0 Å². The first kappa shape index (κ1) is 19.5. The second-order valence-corrected chi connectivity index (χ2v) is 7.61. The van der Waals surface area contributed by atoms with Gasteiger partial charge in [0.25, 0.3) is 5.91 Å². The highest BCUT2D eigenvalue weighted by Gasteiger charge is 2.42. The number of rotatable bonds is 4. The first-order chi connectivity index (χ1) is 12.8. The molecule has 0 spiro atoms.